The molecule has 0 unspecified atom stereocenters. The average Bonchev–Trinajstić information content (AvgIpc) is 2.79. The van der Waals surface area contributed by atoms with Gasteiger partial charge in [0.05, 0.1) is 23.1 Å². The van der Waals surface area contributed by atoms with Crippen molar-refractivity contribution in [2.75, 3.05) is 20.2 Å². The van der Waals surface area contributed by atoms with Gasteiger partial charge in [0.1, 0.15) is 0 Å². The lowest BCUT2D eigenvalue weighted by atomic mass is 9.98. The molecule has 1 N–H and O–H groups in total. The summed E-state index contributed by atoms with van der Waals surface area (Å²) in [7, 11) is -2.25. The second-order valence-electron chi connectivity index (χ2n) is 7.41. The molecule has 0 aliphatic carbocycles. The standard InChI is InChI=1S/C21H24N4O6S/c1-15-3-6-18(7-4-15)32(29,30)24-11-9-17(10-12-24)21(26)23-22-14-16-5-8-20(31-2)19(13-16)25(27)28/h3-8,13-14,17H,9-12H2,1-2H3,(H,23,26)/b22-14-. The molecule has 0 atom stereocenters. The molecule has 2 aromatic carbocycles. The van der Waals surface area contributed by atoms with E-state index in [0.717, 1.165) is 5.56 Å². The summed E-state index contributed by atoms with van der Waals surface area (Å²) in [6.07, 6.45) is 2.06. The molecular formula is C21H24N4O6S. The monoisotopic (exact) mass is 460 g/mol. The molecule has 32 heavy (non-hydrogen) atoms. The Morgan fingerprint density at radius 2 is 1.88 bits per heavy atom. The highest BCUT2D eigenvalue weighted by Gasteiger charge is 2.32. The van der Waals surface area contributed by atoms with Gasteiger partial charge in [-0.1, -0.05) is 17.7 Å². The van der Waals surface area contributed by atoms with Gasteiger partial charge in [-0.25, -0.2) is 13.8 Å². The third kappa shape index (κ3) is 5.29. The number of ether oxygens (including phenoxy) is 1. The zero-order valence-corrected chi connectivity index (χ0v) is 18.5. The highest BCUT2D eigenvalue weighted by molar-refractivity contribution is 7.89. The van der Waals surface area contributed by atoms with Crippen molar-refractivity contribution in [3.8, 4) is 5.75 Å². The fraction of sp³-hybridized carbons (Fsp3) is 0.333. The Morgan fingerprint density at radius 3 is 2.47 bits per heavy atom. The van der Waals surface area contributed by atoms with Crippen molar-refractivity contribution in [1.82, 2.24) is 9.73 Å². The number of sulfonamides is 1. The molecule has 1 fully saturated rings. The van der Waals surface area contributed by atoms with Crippen LogP contribution in [0.2, 0.25) is 0 Å². The third-order valence-corrected chi connectivity index (χ3v) is 7.18. The Balaban J connectivity index is 1.56. The van der Waals surface area contributed by atoms with Crippen molar-refractivity contribution < 1.29 is 22.9 Å². The van der Waals surface area contributed by atoms with E-state index in [-0.39, 0.29) is 41.2 Å². The smallest absolute Gasteiger partial charge is 0.311 e. The van der Waals surface area contributed by atoms with Crippen LogP contribution in [0.5, 0.6) is 5.75 Å². The van der Waals surface area contributed by atoms with E-state index in [1.807, 2.05) is 6.92 Å². The molecule has 170 valence electrons. The van der Waals surface area contributed by atoms with E-state index in [2.05, 4.69) is 10.5 Å². The molecule has 1 heterocycles. The first-order valence-electron chi connectivity index (χ1n) is 9.94. The van der Waals surface area contributed by atoms with Gasteiger partial charge in [-0.15, -0.1) is 0 Å². The van der Waals surface area contributed by atoms with E-state index in [1.54, 1.807) is 30.3 Å². The summed E-state index contributed by atoms with van der Waals surface area (Å²) in [4.78, 5) is 23.2. The molecule has 0 saturated carbocycles. The minimum atomic E-state index is -3.59. The number of nitro benzene ring substituents is 1. The normalized spacial score (nSPS) is 15.6. The Bertz CT molecular complexity index is 1120. The number of carbonyl (C=O) groups excluding carboxylic acids is 1. The number of benzene rings is 2. The van der Waals surface area contributed by atoms with Gasteiger partial charge in [-0.2, -0.15) is 9.41 Å². The first-order valence-corrected chi connectivity index (χ1v) is 11.4. The number of piperidine rings is 1. The van der Waals surface area contributed by atoms with E-state index >= 15 is 0 Å². The molecule has 11 heteroatoms. The Morgan fingerprint density at radius 1 is 1.22 bits per heavy atom. The van der Waals surface area contributed by atoms with Crippen LogP contribution in [-0.4, -0.2) is 50.0 Å². The number of nitrogens with one attached hydrogen (secondary N) is 1. The van der Waals surface area contributed by atoms with Crippen LogP contribution in [0.15, 0.2) is 52.5 Å². The summed E-state index contributed by atoms with van der Waals surface area (Å²) in [5.41, 5.74) is 3.63. The Hall–Kier alpha value is -3.31. The topological polar surface area (TPSA) is 131 Å². The Labute approximate surface area is 186 Å². The second kappa shape index (κ2) is 9.88. The van der Waals surface area contributed by atoms with Gasteiger partial charge in [0.25, 0.3) is 0 Å². The quantitative estimate of drug-likeness (QED) is 0.384. The largest absolute Gasteiger partial charge is 0.490 e. The minimum absolute atomic E-state index is 0.128. The van der Waals surface area contributed by atoms with Crippen LogP contribution in [-0.2, 0) is 14.8 Å². The molecular weight excluding hydrogens is 436 g/mol. The number of amides is 1. The number of methoxy groups -OCH3 is 1. The number of nitro groups is 1. The lowest BCUT2D eigenvalue weighted by molar-refractivity contribution is -0.385. The van der Waals surface area contributed by atoms with Gasteiger partial charge in [0.15, 0.2) is 5.75 Å². The van der Waals surface area contributed by atoms with E-state index in [1.165, 1.54) is 29.8 Å². The summed E-state index contributed by atoms with van der Waals surface area (Å²) in [5.74, 6) is -0.568. The highest BCUT2D eigenvalue weighted by atomic mass is 32.2. The van der Waals surface area contributed by atoms with Crippen LogP contribution in [0.1, 0.15) is 24.0 Å². The number of carbonyl (C=O) groups is 1. The fourth-order valence-corrected chi connectivity index (χ4v) is 4.88. The van der Waals surface area contributed by atoms with Crippen LogP contribution < -0.4 is 10.2 Å². The molecule has 1 amide bonds. The van der Waals surface area contributed by atoms with Crippen LogP contribution in [0.25, 0.3) is 0 Å². The van der Waals surface area contributed by atoms with Crippen molar-refractivity contribution in [2.24, 2.45) is 11.0 Å². The number of nitrogens with zero attached hydrogens (tertiary/aromatic N) is 3. The molecule has 2 aromatic rings. The summed E-state index contributed by atoms with van der Waals surface area (Å²) < 4.78 is 31.9. The summed E-state index contributed by atoms with van der Waals surface area (Å²) in [6.45, 7) is 2.37. The highest BCUT2D eigenvalue weighted by Crippen LogP contribution is 2.27. The van der Waals surface area contributed by atoms with Crippen LogP contribution in [0.3, 0.4) is 0 Å². The van der Waals surface area contributed by atoms with Crippen LogP contribution >= 0.6 is 0 Å². The van der Waals surface area contributed by atoms with Crippen molar-refractivity contribution in [1.29, 1.82) is 0 Å². The molecule has 0 aromatic heterocycles. The van der Waals surface area contributed by atoms with Crippen molar-refractivity contribution in [3.63, 3.8) is 0 Å². The molecule has 0 spiro atoms. The molecule has 3 rings (SSSR count). The van der Waals surface area contributed by atoms with Gasteiger partial charge in [-0.3, -0.25) is 14.9 Å². The maximum atomic E-state index is 12.8. The molecule has 1 saturated heterocycles. The molecule has 0 bridgehead atoms. The molecule has 1 aliphatic rings. The summed E-state index contributed by atoms with van der Waals surface area (Å²) in [6, 6.07) is 11.0. The molecule has 0 radical (unpaired) electrons. The maximum absolute atomic E-state index is 12.8. The number of hydrogen-bond acceptors (Lipinski definition) is 7. The Kier molecular flexibility index (Phi) is 7.21. The summed E-state index contributed by atoms with van der Waals surface area (Å²) >= 11 is 0. The first kappa shape index (κ1) is 23.4. The lowest BCUT2D eigenvalue weighted by Crippen LogP contribution is -2.42. The van der Waals surface area contributed by atoms with Gasteiger partial charge in [0, 0.05) is 30.6 Å². The van der Waals surface area contributed by atoms with Gasteiger partial charge >= 0.3 is 5.69 Å². The maximum Gasteiger partial charge on any atom is 0.311 e. The summed E-state index contributed by atoms with van der Waals surface area (Å²) in [5, 5.41) is 15.0. The van der Waals surface area contributed by atoms with Gasteiger partial charge in [-0.05, 0) is 44.0 Å². The second-order valence-corrected chi connectivity index (χ2v) is 9.35. The molecule has 10 nitrogen and oxygen atoms in total. The number of aryl methyl sites for hydroxylation is 1. The van der Waals surface area contributed by atoms with E-state index in [4.69, 9.17) is 4.74 Å². The average molecular weight is 461 g/mol. The van der Waals surface area contributed by atoms with Crippen molar-refractivity contribution in [2.45, 2.75) is 24.7 Å². The predicted octanol–water partition coefficient (Wildman–Crippen LogP) is 2.46. The van der Waals surface area contributed by atoms with Gasteiger partial charge < -0.3 is 4.74 Å². The zero-order valence-electron chi connectivity index (χ0n) is 17.7. The van der Waals surface area contributed by atoms with Crippen LogP contribution in [0.4, 0.5) is 5.69 Å². The minimum Gasteiger partial charge on any atom is -0.490 e. The van der Waals surface area contributed by atoms with E-state index < -0.39 is 14.9 Å². The van der Waals surface area contributed by atoms with Crippen molar-refractivity contribution in [3.05, 3.63) is 63.7 Å². The zero-order chi connectivity index (χ0) is 23.3. The third-order valence-electron chi connectivity index (χ3n) is 5.27. The first-order chi connectivity index (χ1) is 15.2. The number of hydrazone groups is 1. The van der Waals surface area contributed by atoms with E-state index in [0.29, 0.717) is 18.4 Å². The number of rotatable bonds is 7. The molecule has 1 aliphatic heterocycles. The van der Waals surface area contributed by atoms with E-state index in [9.17, 15) is 23.3 Å². The van der Waals surface area contributed by atoms with Crippen LogP contribution in [0, 0.1) is 23.0 Å². The lowest BCUT2D eigenvalue weighted by Gasteiger charge is -2.30. The number of hydrogen-bond donors (Lipinski definition) is 1. The van der Waals surface area contributed by atoms with Gasteiger partial charge in [0.2, 0.25) is 15.9 Å². The SMILES string of the molecule is COc1ccc(/C=N\NC(=O)C2CCN(S(=O)(=O)c3ccc(C)cc3)CC2)cc1[N+](=O)[O-]. The van der Waals surface area contributed by atoms with Crippen molar-refractivity contribution >= 4 is 27.8 Å². The predicted molar refractivity (Wildman–Crippen MR) is 118 cm³/mol. The fourth-order valence-electron chi connectivity index (χ4n) is 3.41.